The molecule has 0 radical (unpaired) electrons. The highest BCUT2D eigenvalue weighted by atomic mass is 28.3. The number of aryl methyl sites for hydroxylation is 1. The van der Waals surface area contributed by atoms with Crippen molar-refractivity contribution in [2.75, 3.05) is 0 Å². The van der Waals surface area contributed by atoms with Gasteiger partial charge in [0.1, 0.15) is 0 Å². The summed E-state index contributed by atoms with van der Waals surface area (Å²) >= 11 is 0. The molecule has 0 spiro atoms. The molecule has 1 saturated carbocycles. The molecule has 0 amide bonds. The Labute approximate surface area is 185 Å². The number of rotatable bonds is 10. The minimum Gasteiger partial charge on any atom is -0.203 e. The third kappa shape index (κ3) is 6.65. The summed E-state index contributed by atoms with van der Waals surface area (Å²) in [7, 11) is -0.325. The van der Waals surface area contributed by atoms with E-state index in [-0.39, 0.29) is 14.7 Å². The highest BCUT2D eigenvalue weighted by Crippen LogP contribution is 2.40. The van der Waals surface area contributed by atoms with Crippen molar-refractivity contribution in [3.05, 3.63) is 34.9 Å². The second-order valence-electron chi connectivity index (χ2n) is 10.4. The molecule has 1 aromatic carbocycles. The summed E-state index contributed by atoms with van der Waals surface area (Å²) in [6.07, 6.45) is 16.0. The van der Waals surface area contributed by atoms with E-state index in [2.05, 4.69) is 6.92 Å². The lowest BCUT2D eigenvalue weighted by molar-refractivity contribution is 0.292. The standard InChI is InChI=1S/C27H44F2Si/c1-3-7-24-14-15-25(27(29)26(24)28)23-12-10-21(11-13-23)8-5-6-9-22-16-19-30(18-4-2)20-17-22/h14-15,21-23,30H,3-13,16-20H2,1-2H3/t21-,22-,23-,30-. The largest absolute Gasteiger partial charge is 0.203 e. The Morgan fingerprint density at radius 1 is 0.800 bits per heavy atom. The zero-order valence-corrected chi connectivity index (χ0v) is 20.7. The van der Waals surface area contributed by atoms with Gasteiger partial charge in [-0.2, -0.15) is 0 Å². The van der Waals surface area contributed by atoms with Crippen LogP contribution >= 0.6 is 0 Å². The molecule has 2 aliphatic rings. The van der Waals surface area contributed by atoms with Crippen LogP contribution in [0.3, 0.4) is 0 Å². The Bertz CT molecular complexity index is 628. The summed E-state index contributed by atoms with van der Waals surface area (Å²) in [6.45, 7) is 4.36. The minimum absolute atomic E-state index is 0.217. The number of hydrogen-bond donors (Lipinski definition) is 0. The first-order chi connectivity index (χ1) is 14.6. The van der Waals surface area contributed by atoms with Crippen LogP contribution in [-0.2, 0) is 6.42 Å². The van der Waals surface area contributed by atoms with Gasteiger partial charge in [0.25, 0.3) is 0 Å². The first kappa shape index (κ1) is 23.9. The van der Waals surface area contributed by atoms with Crippen molar-refractivity contribution in [1.82, 2.24) is 0 Å². The molecular formula is C27H44F2Si. The topological polar surface area (TPSA) is 0 Å². The molecule has 0 unspecified atom stereocenters. The molecule has 0 N–H and O–H groups in total. The molecule has 0 nitrogen and oxygen atoms in total. The average molecular weight is 435 g/mol. The number of halogens is 2. The monoisotopic (exact) mass is 434 g/mol. The van der Waals surface area contributed by atoms with Crippen LogP contribution in [0.5, 0.6) is 0 Å². The smallest absolute Gasteiger partial charge is 0.162 e. The van der Waals surface area contributed by atoms with Gasteiger partial charge in [-0.3, -0.25) is 0 Å². The Hall–Kier alpha value is -0.703. The predicted octanol–water partition coefficient (Wildman–Crippen LogP) is 8.80. The first-order valence-corrected chi connectivity index (χ1v) is 15.5. The van der Waals surface area contributed by atoms with Crippen molar-refractivity contribution in [2.45, 2.75) is 121 Å². The van der Waals surface area contributed by atoms with Crippen LogP contribution in [0.15, 0.2) is 12.1 Å². The molecule has 3 heteroatoms. The van der Waals surface area contributed by atoms with Crippen molar-refractivity contribution >= 4 is 8.80 Å². The van der Waals surface area contributed by atoms with Gasteiger partial charge in [-0.1, -0.05) is 95.5 Å². The van der Waals surface area contributed by atoms with Gasteiger partial charge in [0.15, 0.2) is 11.6 Å². The van der Waals surface area contributed by atoms with E-state index in [4.69, 9.17) is 0 Å². The van der Waals surface area contributed by atoms with Crippen LogP contribution in [-0.4, -0.2) is 8.80 Å². The van der Waals surface area contributed by atoms with Crippen LogP contribution in [0.25, 0.3) is 0 Å². The van der Waals surface area contributed by atoms with Gasteiger partial charge in [-0.15, -0.1) is 0 Å². The third-order valence-corrected chi connectivity index (χ3v) is 11.8. The van der Waals surface area contributed by atoms with Gasteiger partial charge < -0.3 is 0 Å². The molecule has 1 aromatic rings. The van der Waals surface area contributed by atoms with E-state index in [1.807, 2.05) is 19.1 Å². The Kier molecular flexibility index (Phi) is 9.87. The average Bonchev–Trinajstić information content (AvgIpc) is 2.77. The summed E-state index contributed by atoms with van der Waals surface area (Å²) in [6, 6.07) is 8.49. The Morgan fingerprint density at radius 3 is 2.03 bits per heavy atom. The fourth-order valence-corrected chi connectivity index (χ4v) is 9.80. The molecule has 1 aliphatic heterocycles. The molecular weight excluding hydrogens is 390 g/mol. The molecule has 170 valence electrons. The highest BCUT2D eigenvalue weighted by Gasteiger charge is 2.26. The summed E-state index contributed by atoms with van der Waals surface area (Å²) < 4.78 is 28.9. The van der Waals surface area contributed by atoms with Crippen molar-refractivity contribution in [1.29, 1.82) is 0 Å². The van der Waals surface area contributed by atoms with Gasteiger partial charge in [-0.25, -0.2) is 8.78 Å². The second-order valence-corrected chi connectivity index (χ2v) is 13.8. The van der Waals surface area contributed by atoms with Crippen molar-refractivity contribution in [2.24, 2.45) is 11.8 Å². The number of hydrogen-bond acceptors (Lipinski definition) is 0. The Morgan fingerprint density at radius 2 is 1.43 bits per heavy atom. The SMILES string of the molecule is CCCc1ccc([C@H]2CC[C@H](CCCC[C@H]3CC[Si@H](CCC)CC3)CC2)c(F)c1F. The van der Waals surface area contributed by atoms with Crippen LogP contribution in [0.2, 0.25) is 18.1 Å². The van der Waals surface area contributed by atoms with Crippen LogP contribution in [0.4, 0.5) is 8.78 Å². The quantitative estimate of drug-likeness (QED) is 0.255. The maximum Gasteiger partial charge on any atom is 0.162 e. The maximum atomic E-state index is 14.6. The van der Waals surface area contributed by atoms with Gasteiger partial charge in [0, 0.05) is 8.80 Å². The fraction of sp³-hybridized carbons (Fsp3) is 0.778. The predicted molar refractivity (Wildman–Crippen MR) is 128 cm³/mol. The van der Waals surface area contributed by atoms with Gasteiger partial charge in [0.05, 0.1) is 0 Å². The molecule has 0 bridgehead atoms. The van der Waals surface area contributed by atoms with E-state index < -0.39 is 11.6 Å². The summed E-state index contributed by atoms with van der Waals surface area (Å²) in [4.78, 5) is 0. The lowest BCUT2D eigenvalue weighted by Gasteiger charge is -2.30. The van der Waals surface area contributed by atoms with Crippen molar-refractivity contribution in [3.63, 3.8) is 0 Å². The van der Waals surface area contributed by atoms with Crippen LogP contribution in [0, 0.1) is 23.5 Å². The highest BCUT2D eigenvalue weighted by molar-refractivity contribution is 6.58. The summed E-state index contributed by atoms with van der Waals surface area (Å²) in [5, 5.41) is 0. The fourth-order valence-electron chi connectivity index (χ4n) is 6.23. The zero-order valence-electron chi connectivity index (χ0n) is 19.5. The molecule has 3 rings (SSSR count). The molecule has 2 fully saturated rings. The minimum atomic E-state index is -0.595. The third-order valence-electron chi connectivity index (χ3n) is 8.14. The van der Waals surface area contributed by atoms with Crippen molar-refractivity contribution < 1.29 is 8.78 Å². The van der Waals surface area contributed by atoms with Gasteiger partial charge in [-0.05, 0) is 61.0 Å². The van der Waals surface area contributed by atoms with Gasteiger partial charge >= 0.3 is 0 Å². The van der Waals surface area contributed by atoms with Gasteiger partial charge in [0.2, 0.25) is 0 Å². The molecule has 0 aromatic heterocycles. The molecule has 1 heterocycles. The lowest BCUT2D eigenvalue weighted by Crippen LogP contribution is -2.21. The second kappa shape index (κ2) is 12.4. The number of benzene rings is 1. The van der Waals surface area contributed by atoms with E-state index in [1.54, 1.807) is 18.1 Å². The molecule has 1 aliphatic carbocycles. The zero-order chi connectivity index (χ0) is 21.3. The van der Waals surface area contributed by atoms with Crippen molar-refractivity contribution in [3.8, 4) is 0 Å². The van der Waals surface area contributed by atoms with Crippen LogP contribution in [0.1, 0.15) is 108 Å². The van der Waals surface area contributed by atoms with E-state index >= 15 is 0 Å². The normalized spacial score (nSPS) is 27.3. The van der Waals surface area contributed by atoms with E-state index in [0.717, 1.165) is 31.1 Å². The summed E-state index contributed by atoms with van der Waals surface area (Å²) in [5.41, 5.74) is 1.17. The molecule has 30 heavy (non-hydrogen) atoms. The molecule has 0 atom stereocenters. The maximum absolute atomic E-state index is 14.6. The van der Waals surface area contributed by atoms with Crippen LogP contribution < -0.4 is 0 Å². The summed E-state index contributed by atoms with van der Waals surface area (Å²) in [5.74, 6) is 0.883. The number of unbranched alkanes of at least 4 members (excludes halogenated alkanes) is 1. The van der Waals surface area contributed by atoms with E-state index in [9.17, 15) is 8.78 Å². The lowest BCUT2D eigenvalue weighted by atomic mass is 9.76. The molecule has 1 saturated heterocycles. The Balaban J connectivity index is 1.34. The van der Waals surface area contributed by atoms with E-state index in [1.165, 1.54) is 57.8 Å². The first-order valence-electron chi connectivity index (χ1n) is 13.1. The van der Waals surface area contributed by atoms with E-state index in [0.29, 0.717) is 17.5 Å².